The molecule has 1 rings (SSSR count). The topological polar surface area (TPSA) is 49.3 Å². The molecule has 1 unspecified atom stereocenters. The van der Waals surface area contributed by atoms with Gasteiger partial charge in [0.05, 0.1) is 6.10 Å². The van der Waals surface area contributed by atoms with E-state index in [-0.39, 0.29) is 5.91 Å². The van der Waals surface area contributed by atoms with Crippen LogP contribution in [0.3, 0.4) is 0 Å². The predicted molar refractivity (Wildman–Crippen MR) is 80.3 cm³/mol. The van der Waals surface area contributed by atoms with Gasteiger partial charge in [0.15, 0.2) is 0 Å². The first kappa shape index (κ1) is 16.1. The lowest BCUT2D eigenvalue weighted by molar-refractivity contribution is -0.121. The Kier molecular flexibility index (Phi) is 7.60. The molecule has 0 heterocycles. The Morgan fingerprint density at radius 1 is 1.32 bits per heavy atom. The average molecular weight is 281 g/mol. The van der Waals surface area contributed by atoms with Gasteiger partial charge in [-0.1, -0.05) is 32.0 Å². The predicted octanol–water partition coefficient (Wildman–Crippen LogP) is 2.69. The van der Waals surface area contributed by atoms with Gasteiger partial charge < -0.3 is 10.4 Å². The maximum Gasteiger partial charge on any atom is 0.220 e. The fourth-order valence-electron chi connectivity index (χ4n) is 1.73. The zero-order valence-electron chi connectivity index (χ0n) is 11.6. The first-order chi connectivity index (χ1) is 9.08. The SMILES string of the molecule is CC(C)CC(O)CNC(=O)CCSc1ccccc1. The van der Waals surface area contributed by atoms with Crippen LogP contribution in [0.25, 0.3) is 0 Å². The Bertz CT molecular complexity index is 368. The molecular weight excluding hydrogens is 258 g/mol. The summed E-state index contributed by atoms with van der Waals surface area (Å²) in [7, 11) is 0. The van der Waals surface area contributed by atoms with E-state index in [0.717, 1.165) is 12.2 Å². The van der Waals surface area contributed by atoms with Gasteiger partial charge in [-0.2, -0.15) is 0 Å². The molecule has 1 aromatic rings. The molecule has 106 valence electrons. The molecule has 4 heteroatoms. The summed E-state index contributed by atoms with van der Waals surface area (Å²) >= 11 is 1.67. The summed E-state index contributed by atoms with van der Waals surface area (Å²) in [6.07, 6.45) is 0.762. The van der Waals surface area contributed by atoms with Gasteiger partial charge in [0.25, 0.3) is 0 Å². The first-order valence-electron chi connectivity index (χ1n) is 6.70. The summed E-state index contributed by atoms with van der Waals surface area (Å²) in [5.74, 6) is 1.21. The number of carbonyl (C=O) groups is 1. The molecule has 0 radical (unpaired) electrons. The third-order valence-corrected chi connectivity index (χ3v) is 3.63. The number of rotatable bonds is 8. The molecule has 0 aromatic heterocycles. The molecule has 0 aliphatic heterocycles. The first-order valence-corrected chi connectivity index (χ1v) is 7.69. The summed E-state index contributed by atoms with van der Waals surface area (Å²) in [4.78, 5) is 12.8. The molecule has 0 fully saturated rings. The van der Waals surface area contributed by atoms with Crippen LogP contribution in [0.15, 0.2) is 35.2 Å². The van der Waals surface area contributed by atoms with E-state index in [0.29, 0.717) is 18.9 Å². The smallest absolute Gasteiger partial charge is 0.220 e. The molecular formula is C15H23NO2S. The monoisotopic (exact) mass is 281 g/mol. The summed E-state index contributed by atoms with van der Waals surface area (Å²) < 4.78 is 0. The zero-order chi connectivity index (χ0) is 14.1. The maximum atomic E-state index is 11.6. The van der Waals surface area contributed by atoms with Crippen LogP contribution in [-0.4, -0.2) is 29.4 Å². The standard InChI is InChI=1S/C15H23NO2S/c1-12(2)10-13(17)11-16-15(18)8-9-19-14-6-4-3-5-7-14/h3-7,12-13,17H,8-11H2,1-2H3,(H,16,18). The molecule has 1 atom stereocenters. The lowest BCUT2D eigenvalue weighted by atomic mass is 10.1. The van der Waals surface area contributed by atoms with Gasteiger partial charge in [-0.15, -0.1) is 11.8 Å². The number of benzene rings is 1. The molecule has 1 aromatic carbocycles. The van der Waals surface area contributed by atoms with Crippen molar-refractivity contribution in [1.82, 2.24) is 5.32 Å². The van der Waals surface area contributed by atoms with E-state index in [2.05, 4.69) is 19.2 Å². The van der Waals surface area contributed by atoms with Crippen LogP contribution in [0.2, 0.25) is 0 Å². The van der Waals surface area contributed by atoms with E-state index in [1.165, 1.54) is 4.90 Å². The number of carbonyl (C=O) groups excluding carboxylic acids is 1. The Labute approximate surface area is 119 Å². The average Bonchev–Trinajstić information content (AvgIpc) is 2.37. The van der Waals surface area contributed by atoms with Gasteiger partial charge in [0.2, 0.25) is 5.91 Å². The molecule has 1 amide bonds. The second kappa shape index (κ2) is 8.99. The minimum absolute atomic E-state index is 0.00578. The minimum Gasteiger partial charge on any atom is -0.391 e. The fourth-order valence-corrected chi connectivity index (χ4v) is 2.60. The Hall–Kier alpha value is -1.00. The van der Waals surface area contributed by atoms with E-state index < -0.39 is 6.10 Å². The van der Waals surface area contributed by atoms with Gasteiger partial charge in [0, 0.05) is 23.6 Å². The summed E-state index contributed by atoms with van der Waals surface area (Å²) in [5, 5.41) is 12.4. The number of nitrogens with one attached hydrogen (secondary N) is 1. The van der Waals surface area contributed by atoms with Crippen LogP contribution in [-0.2, 0) is 4.79 Å². The molecule has 2 N–H and O–H groups in total. The van der Waals surface area contributed by atoms with Crippen LogP contribution in [0.5, 0.6) is 0 Å². The van der Waals surface area contributed by atoms with Crippen molar-refractivity contribution < 1.29 is 9.90 Å². The fraction of sp³-hybridized carbons (Fsp3) is 0.533. The van der Waals surface area contributed by atoms with Crippen LogP contribution in [0, 0.1) is 5.92 Å². The normalized spacial score (nSPS) is 12.4. The van der Waals surface area contributed by atoms with Crippen molar-refractivity contribution in [2.45, 2.75) is 37.7 Å². The molecule has 0 saturated carbocycles. The molecule has 0 bridgehead atoms. The summed E-state index contributed by atoms with van der Waals surface area (Å²) in [6, 6.07) is 10.0. The van der Waals surface area contributed by atoms with E-state index >= 15 is 0 Å². The summed E-state index contributed by atoms with van der Waals surface area (Å²) in [6.45, 7) is 4.47. The van der Waals surface area contributed by atoms with Gasteiger partial charge in [0.1, 0.15) is 0 Å². The number of aliphatic hydroxyl groups is 1. The van der Waals surface area contributed by atoms with Crippen LogP contribution >= 0.6 is 11.8 Å². The van der Waals surface area contributed by atoms with Gasteiger partial charge in [-0.3, -0.25) is 4.79 Å². The number of aliphatic hydroxyl groups excluding tert-OH is 1. The zero-order valence-corrected chi connectivity index (χ0v) is 12.5. The van der Waals surface area contributed by atoms with Gasteiger partial charge in [-0.05, 0) is 24.5 Å². The quantitative estimate of drug-likeness (QED) is 0.720. The number of hydrogen-bond donors (Lipinski definition) is 2. The van der Waals surface area contributed by atoms with Gasteiger partial charge >= 0.3 is 0 Å². The minimum atomic E-state index is -0.439. The number of thioether (sulfide) groups is 1. The van der Waals surface area contributed by atoms with Crippen LogP contribution in [0.4, 0.5) is 0 Å². The van der Waals surface area contributed by atoms with Gasteiger partial charge in [-0.25, -0.2) is 0 Å². The third kappa shape index (κ3) is 7.90. The number of amides is 1. The molecule has 0 aliphatic carbocycles. The second-order valence-corrected chi connectivity index (χ2v) is 6.17. The van der Waals surface area contributed by atoms with E-state index in [1.807, 2.05) is 30.3 Å². The van der Waals surface area contributed by atoms with Crippen molar-refractivity contribution in [1.29, 1.82) is 0 Å². The van der Waals surface area contributed by atoms with Crippen molar-refractivity contribution in [2.75, 3.05) is 12.3 Å². The van der Waals surface area contributed by atoms with Crippen molar-refractivity contribution in [3.05, 3.63) is 30.3 Å². The second-order valence-electron chi connectivity index (χ2n) is 5.00. The molecule has 0 aliphatic rings. The van der Waals surface area contributed by atoms with Crippen molar-refractivity contribution in [3.63, 3.8) is 0 Å². The van der Waals surface area contributed by atoms with Crippen LogP contribution in [0.1, 0.15) is 26.7 Å². The van der Waals surface area contributed by atoms with E-state index in [9.17, 15) is 9.90 Å². The number of hydrogen-bond acceptors (Lipinski definition) is 3. The highest BCUT2D eigenvalue weighted by Gasteiger charge is 2.08. The lowest BCUT2D eigenvalue weighted by Gasteiger charge is -2.13. The Balaban J connectivity index is 2.11. The largest absolute Gasteiger partial charge is 0.391 e. The van der Waals surface area contributed by atoms with Crippen molar-refractivity contribution in [3.8, 4) is 0 Å². The molecule has 19 heavy (non-hydrogen) atoms. The van der Waals surface area contributed by atoms with Crippen molar-refractivity contribution >= 4 is 17.7 Å². The third-order valence-electron chi connectivity index (χ3n) is 2.62. The highest BCUT2D eigenvalue weighted by molar-refractivity contribution is 7.99. The molecule has 0 saturated heterocycles. The maximum absolute atomic E-state index is 11.6. The summed E-state index contributed by atoms with van der Waals surface area (Å²) in [5.41, 5.74) is 0. The van der Waals surface area contributed by atoms with E-state index in [1.54, 1.807) is 11.8 Å². The molecule has 0 spiro atoms. The highest BCUT2D eigenvalue weighted by Crippen LogP contribution is 2.17. The molecule has 3 nitrogen and oxygen atoms in total. The Morgan fingerprint density at radius 3 is 2.63 bits per heavy atom. The Morgan fingerprint density at radius 2 is 2.00 bits per heavy atom. The van der Waals surface area contributed by atoms with Crippen molar-refractivity contribution in [2.24, 2.45) is 5.92 Å². The van der Waals surface area contributed by atoms with E-state index in [4.69, 9.17) is 0 Å². The lowest BCUT2D eigenvalue weighted by Crippen LogP contribution is -2.32. The highest BCUT2D eigenvalue weighted by atomic mass is 32.2. The van der Waals surface area contributed by atoms with Crippen LogP contribution < -0.4 is 5.32 Å².